The van der Waals surface area contributed by atoms with Crippen LogP contribution in [0.25, 0.3) is 0 Å². The van der Waals surface area contributed by atoms with E-state index in [1.54, 1.807) is 23.2 Å². The lowest BCUT2D eigenvalue weighted by atomic mass is 10.1. The predicted octanol–water partition coefficient (Wildman–Crippen LogP) is 1.87. The number of carbonyl (C=O) groups excluding carboxylic acids is 2. The number of aromatic nitrogens is 1. The molecule has 0 radical (unpaired) electrons. The van der Waals surface area contributed by atoms with Crippen molar-refractivity contribution in [1.82, 2.24) is 14.8 Å². The van der Waals surface area contributed by atoms with Crippen LogP contribution in [0.5, 0.6) is 5.88 Å². The van der Waals surface area contributed by atoms with Gasteiger partial charge in [-0.3, -0.25) is 9.59 Å². The van der Waals surface area contributed by atoms with E-state index in [4.69, 9.17) is 9.47 Å². The Morgan fingerprint density at radius 3 is 2.48 bits per heavy atom. The maximum Gasteiger partial charge on any atom is 0.254 e. The number of piperazine rings is 1. The van der Waals surface area contributed by atoms with Gasteiger partial charge in [0.1, 0.15) is 12.2 Å². The highest BCUT2D eigenvalue weighted by molar-refractivity contribution is 5.94. The standard InChI is InChI=1S/C20H27N3O4/c24-19(15-7-8-21-18(14-15)27-16-4-1-2-5-16)22-9-11-23(12-10-22)20(25)17-6-3-13-26-17/h7-8,14,16-17H,1-6,9-13H2. The molecule has 1 aliphatic carbocycles. The molecule has 0 N–H and O–H groups in total. The molecule has 2 saturated heterocycles. The van der Waals surface area contributed by atoms with Crippen molar-refractivity contribution in [2.75, 3.05) is 32.8 Å². The van der Waals surface area contributed by atoms with Crippen molar-refractivity contribution in [3.05, 3.63) is 23.9 Å². The Hall–Kier alpha value is -2.15. The first-order valence-corrected chi connectivity index (χ1v) is 10.0. The Morgan fingerprint density at radius 2 is 1.78 bits per heavy atom. The van der Waals surface area contributed by atoms with Gasteiger partial charge < -0.3 is 19.3 Å². The minimum absolute atomic E-state index is 0.0297. The van der Waals surface area contributed by atoms with Gasteiger partial charge in [-0.1, -0.05) is 0 Å². The molecule has 1 unspecified atom stereocenters. The predicted molar refractivity (Wildman–Crippen MR) is 98.6 cm³/mol. The van der Waals surface area contributed by atoms with E-state index in [2.05, 4.69) is 4.98 Å². The molecule has 0 spiro atoms. The van der Waals surface area contributed by atoms with Crippen molar-refractivity contribution in [2.45, 2.75) is 50.7 Å². The molecule has 2 aliphatic heterocycles. The van der Waals surface area contributed by atoms with Crippen LogP contribution in [0.2, 0.25) is 0 Å². The van der Waals surface area contributed by atoms with Gasteiger partial charge in [0.05, 0.1) is 0 Å². The number of rotatable bonds is 4. The van der Waals surface area contributed by atoms with Gasteiger partial charge in [0.25, 0.3) is 11.8 Å². The fourth-order valence-electron chi connectivity index (χ4n) is 4.07. The van der Waals surface area contributed by atoms with Crippen LogP contribution in [-0.2, 0) is 9.53 Å². The second kappa shape index (κ2) is 8.25. The summed E-state index contributed by atoms with van der Waals surface area (Å²) in [5.74, 6) is 0.564. The smallest absolute Gasteiger partial charge is 0.254 e. The highest BCUT2D eigenvalue weighted by atomic mass is 16.5. The molecule has 1 atom stereocenters. The Balaban J connectivity index is 1.33. The molecule has 3 fully saturated rings. The third-order valence-corrected chi connectivity index (χ3v) is 5.66. The first kappa shape index (κ1) is 18.2. The van der Waals surface area contributed by atoms with Crippen molar-refractivity contribution >= 4 is 11.8 Å². The zero-order chi connectivity index (χ0) is 18.6. The van der Waals surface area contributed by atoms with Crippen LogP contribution in [0.4, 0.5) is 0 Å². The molecule has 7 nitrogen and oxygen atoms in total. The van der Waals surface area contributed by atoms with Crippen molar-refractivity contribution < 1.29 is 19.1 Å². The summed E-state index contributed by atoms with van der Waals surface area (Å²) >= 11 is 0. The molecule has 3 heterocycles. The summed E-state index contributed by atoms with van der Waals surface area (Å²) in [5, 5.41) is 0. The zero-order valence-corrected chi connectivity index (χ0v) is 15.6. The van der Waals surface area contributed by atoms with Crippen molar-refractivity contribution in [1.29, 1.82) is 0 Å². The van der Waals surface area contributed by atoms with Crippen molar-refractivity contribution in [2.24, 2.45) is 0 Å². The van der Waals surface area contributed by atoms with Gasteiger partial charge >= 0.3 is 0 Å². The average molecular weight is 373 g/mol. The third-order valence-electron chi connectivity index (χ3n) is 5.66. The molecule has 3 aliphatic rings. The maximum atomic E-state index is 12.8. The maximum absolute atomic E-state index is 12.8. The molecule has 7 heteroatoms. The number of pyridine rings is 1. The summed E-state index contributed by atoms with van der Waals surface area (Å²) in [6.07, 6.45) is 7.81. The van der Waals surface area contributed by atoms with Crippen LogP contribution in [-0.4, -0.2) is 71.6 Å². The van der Waals surface area contributed by atoms with Crippen LogP contribution in [0, 0.1) is 0 Å². The van der Waals surface area contributed by atoms with Crippen LogP contribution < -0.4 is 4.74 Å². The van der Waals surface area contributed by atoms with Gasteiger partial charge in [-0.2, -0.15) is 0 Å². The normalized spacial score (nSPS) is 23.6. The van der Waals surface area contributed by atoms with Crippen LogP contribution in [0.3, 0.4) is 0 Å². The van der Waals surface area contributed by atoms with Gasteiger partial charge in [0.2, 0.25) is 5.88 Å². The topological polar surface area (TPSA) is 72.0 Å². The summed E-state index contributed by atoms with van der Waals surface area (Å²) in [6.45, 7) is 2.86. The molecule has 1 aromatic heterocycles. The van der Waals surface area contributed by atoms with E-state index in [9.17, 15) is 9.59 Å². The summed E-state index contributed by atoms with van der Waals surface area (Å²) in [7, 11) is 0. The van der Waals surface area contributed by atoms with E-state index >= 15 is 0 Å². The van der Waals surface area contributed by atoms with E-state index in [0.29, 0.717) is 44.2 Å². The van der Waals surface area contributed by atoms with Gasteiger partial charge in [-0.25, -0.2) is 4.98 Å². The summed E-state index contributed by atoms with van der Waals surface area (Å²) in [5.41, 5.74) is 0.594. The van der Waals surface area contributed by atoms with Gasteiger partial charge in [0, 0.05) is 50.6 Å². The Morgan fingerprint density at radius 1 is 1.04 bits per heavy atom. The fourth-order valence-corrected chi connectivity index (χ4v) is 4.07. The molecule has 146 valence electrons. The summed E-state index contributed by atoms with van der Waals surface area (Å²) < 4.78 is 11.4. The average Bonchev–Trinajstić information content (AvgIpc) is 3.41. The Kier molecular flexibility index (Phi) is 5.57. The second-order valence-electron chi connectivity index (χ2n) is 7.53. The van der Waals surface area contributed by atoms with Crippen LogP contribution in [0.15, 0.2) is 18.3 Å². The van der Waals surface area contributed by atoms with E-state index in [1.165, 1.54) is 12.8 Å². The molecule has 1 aromatic rings. The Labute approximate surface area is 159 Å². The second-order valence-corrected chi connectivity index (χ2v) is 7.53. The van der Waals surface area contributed by atoms with Gasteiger partial charge in [-0.15, -0.1) is 0 Å². The number of hydrogen-bond acceptors (Lipinski definition) is 5. The molecule has 2 amide bonds. The van der Waals surface area contributed by atoms with Crippen molar-refractivity contribution in [3.63, 3.8) is 0 Å². The number of amides is 2. The first-order valence-electron chi connectivity index (χ1n) is 10.0. The SMILES string of the molecule is O=C(c1ccnc(OC2CCCC2)c1)N1CCN(C(=O)C2CCCO2)CC1. The minimum Gasteiger partial charge on any atom is -0.474 e. The number of nitrogens with zero attached hydrogens (tertiary/aromatic N) is 3. The van der Waals surface area contributed by atoms with E-state index in [1.807, 2.05) is 4.90 Å². The van der Waals surface area contributed by atoms with Crippen LogP contribution >= 0.6 is 0 Å². The van der Waals surface area contributed by atoms with Gasteiger partial charge in [0.15, 0.2) is 0 Å². The fraction of sp³-hybridized carbons (Fsp3) is 0.650. The molecule has 27 heavy (non-hydrogen) atoms. The summed E-state index contributed by atoms with van der Waals surface area (Å²) in [4.78, 5) is 33.1. The molecule has 0 bridgehead atoms. The lowest BCUT2D eigenvalue weighted by Gasteiger charge is -2.35. The van der Waals surface area contributed by atoms with E-state index < -0.39 is 0 Å². The summed E-state index contributed by atoms with van der Waals surface area (Å²) in [6, 6.07) is 3.47. The Bertz CT molecular complexity index is 676. The molecule has 0 aromatic carbocycles. The number of ether oxygens (including phenoxy) is 2. The molecular weight excluding hydrogens is 346 g/mol. The minimum atomic E-state index is -0.289. The highest BCUT2D eigenvalue weighted by Gasteiger charge is 2.31. The van der Waals surface area contributed by atoms with Crippen molar-refractivity contribution in [3.8, 4) is 5.88 Å². The molecular formula is C20H27N3O4. The zero-order valence-electron chi connectivity index (χ0n) is 15.6. The van der Waals surface area contributed by atoms with E-state index in [0.717, 1.165) is 25.7 Å². The third kappa shape index (κ3) is 4.24. The monoisotopic (exact) mass is 373 g/mol. The van der Waals surface area contributed by atoms with Crippen LogP contribution in [0.1, 0.15) is 48.9 Å². The first-order chi connectivity index (χ1) is 13.2. The highest BCUT2D eigenvalue weighted by Crippen LogP contribution is 2.24. The lowest BCUT2D eigenvalue weighted by Crippen LogP contribution is -2.52. The quantitative estimate of drug-likeness (QED) is 0.806. The van der Waals surface area contributed by atoms with Gasteiger partial charge in [-0.05, 0) is 44.6 Å². The molecule has 1 saturated carbocycles. The lowest BCUT2D eigenvalue weighted by molar-refractivity contribution is -0.142. The van der Waals surface area contributed by atoms with E-state index in [-0.39, 0.29) is 24.0 Å². The number of carbonyl (C=O) groups is 2. The molecule has 4 rings (SSSR count). The largest absolute Gasteiger partial charge is 0.474 e. The number of hydrogen-bond donors (Lipinski definition) is 0.